The molecule has 8 heteroatoms. The fourth-order valence-corrected chi connectivity index (χ4v) is 3.12. The van der Waals surface area contributed by atoms with Crippen molar-refractivity contribution < 1.29 is 23.8 Å². The molecule has 0 heterocycles. The number of hydrogen-bond acceptors (Lipinski definition) is 6. The van der Waals surface area contributed by atoms with E-state index in [1.165, 1.54) is 0 Å². The summed E-state index contributed by atoms with van der Waals surface area (Å²) in [5.41, 5.74) is 1.05. The number of carbonyl (C=O) groups is 2. The van der Waals surface area contributed by atoms with E-state index >= 15 is 0 Å². The molecule has 0 aromatic heterocycles. The molecule has 0 aliphatic carbocycles. The van der Waals surface area contributed by atoms with Crippen LogP contribution < -0.4 is 15.4 Å². The van der Waals surface area contributed by atoms with Gasteiger partial charge in [-0.05, 0) is 70.9 Å². The molecule has 0 radical (unpaired) electrons. The highest BCUT2D eigenvalue weighted by Gasteiger charge is 2.18. The topological polar surface area (TPSA) is 85.9 Å². The molecule has 1 amide bonds. The molecule has 33 heavy (non-hydrogen) atoms. The molecule has 0 fully saturated rings. The predicted octanol–water partition coefficient (Wildman–Crippen LogP) is 6.47. The van der Waals surface area contributed by atoms with Crippen LogP contribution in [-0.2, 0) is 14.3 Å². The summed E-state index contributed by atoms with van der Waals surface area (Å²) in [7, 11) is 0. The van der Waals surface area contributed by atoms with Gasteiger partial charge in [0, 0.05) is 24.1 Å². The molecule has 0 aliphatic rings. The van der Waals surface area contributed by atoms with Crippen molar-refractivity contribution in [2.24, 2.45) is 0 Å². The largest absolute Gasteiger partial charge is 0.466 e. The highest BCUT2D eigenvalue weighted by Crippen LogP contribution is 2.33. The number of rotatable bonds is 10. The van der Waals surface area contributed by atoms with Crippen LogP contribution in [0.15, 0.2) is 42.5 Å². The summed E-state index contributed by atoms with van der Waals surface area (Å²) < 4.78 is 16.4. The number of nitrogens with one attached hydrogen (secondary N) is 2. The highest BCUT2D eigenvalue weighted by atomic mass is 35.5. The molecule has 0 saturated heterocycles. The molecule has 0 saturated carbocycles. The molecular weight excluding hydrogens is 444 g/mol. The van der Waals surface area contributed by atoms with Crippen LogP contribution in [-0.4, -0.2) is 30.8 Å². The van der Waals surface area contributed by atoms with Gasteiger partial charge in [0.15, 0.2) is 5.75 Å². The van der Waals surface area contributed by atoms with Crippen molar-refractivity contribution in [3.63, 3.8) is 0 Å². The Balaban J connectivity index is 2.04. The van der Waals surface area contributed by atoms with Crippen LogP contribution in [0.2, 0.25) is 5.02 Å². The molecule has 0 unspecified atom stereocenters. The first-order chi connectivity index (χ1) is 15.6. The van der Waals surface area contributed by atoms with E-state index in [1.54, 1.807) is 19.1 Å². The zero-order valence-electron chi connectivity index (χ0n) is 19.9. The number of halogens is 1. The Bertz CT molecular complexity index is 943. The molecule has 0 bridgehead atoms. The summed E-state index contributed by atoms with van der Waals surface area (Å²) >= 11 is 6.18. The number of alkyl carbamates (subject to hydrolysis) is 1. The highest BCUT2D eigenvalue weighted by molar-refractivity contribution is 6.30. The van der Waals surface area contributed by atoms with Gasteiger partial charge in [-0.1, -0.05) is 23.7 Å². The summed E-state index contributed by atoms with van der Waals surface area (Å²) in [4.78, 5) is 23.6. The zero-order chi connectivity index (χ0) is 24.4. The Morgan fingerprint density at radius 3 is 2.58 bits per heavy atom. The maximum absolute atomic E-state index is 12.1. The maximum atomic E-state index is 12.1. The average Bonchev–Trinajstić information content (AvgIpc) is 2.71. The minimum Gasteiger partial charge on any atom is -0.466 e. The number of hydrogen-bond donors (Lipinski definition) is 2. The van der Waals surface area contributed by atoms with Crippen molar-refractivity contribution in [1.82, 2.24) is 5.32 Å². The number of benzene rings is 2. The lowest BCUT2D eigenvalue weighted by Gasteiger charge is -2.22. The van der Waals surface area contributed by atoms with Gasteiger partial charge in [-0.2, -0.15) is 0 Å². The molecule has 0 aliphatic heterocycles. The van der Waals surface area contributed by atoms with Gasteiger partial charge < -0.3 is 24.8 Å². The van der Waals surface area contributed by atoms with E-state index in [1.807, 2.05) is 58.0 Å². The van der Waals surface area contributed by atoms with Crippen LogP contribution in [0.4, 0.5) is 10.5 Å². The Morgan fingerprint density at radius 2 is 1.88 bits per heavy atom. The van der Waals surface area contributed by atoms with Gasteiger partial charge >= 0.3 is 12.1 Å². The number of anilines is 1. The van der Waals surface area contributed by atoms with Gasteiger partial charge in [-0.3, -0.25) is 4.79 Å². The van der Waals surface area contributed by atoms with E-state index < -0.39 is 11.7 Å². The van der Waals surface area contributed by atoms with Crippen molar-refractivity contribution in [3.8, 4) is 11.5 Å². The monoisotopic (exact) mass is 476 g/mol. The molecule has 180 valence electrons. The molecule has 2 aromatic carbocycles. The van der Waals surface area contributed by atoms with E-state index in [4.69, 9.17) is 25.8 Å². The standard InChI is InChI=1S/C25H33ClN2O5/c1-6-31-23(29)11-8-14-27-21-13-12-19(26)16-22(21)32-20-10-7-9-18(15-20)17(2)28-24(30)33-25(3,4)5/h7,9-10,12-13,15-17,27H,6,8,11,14H2,1-5H3,(H,28,30)/t17-/m1/s1. The van der Waals surface area contributed by atoms with Crippen LogP contribution in [0.5, 0.6) is 11.5 Å². The first-order valence-electron chi connectivity index (χ1n) is 11.0. The lowest BCUT2D eigenvalue weighted by molar-refractivity contribution is -0.143. The van der Waals surface area contributed by atoms with Gasteiger partial charge in [0.1, 0.15) is 11.4 Å². The van der Waals surface area contributed by atoms with Crippen LogP contribution in [0.1, 0.15) is 59.1 Å². The summed E-state index contributed by atoms with van der Waals surface area (Å²) in [6.07, 6.45) is 0.491. The third kappa shape index (κ3) is 9.61. The number of amides is 1. The summed E-state index contributed by atoms with van der Waals surface area (Å²) in [5, 5.41) is 6.65. The first kappa shape index (κ1) is 26.3. The second-order valence-electron chi connectivity index (χ2n) is 8.52. The van der Waals surface area contributed by atoms with Gasteiger partial charge in [0.2, 0.25) is 0 Å². The van der Waals surface area contributed by atoms with Crippen molar-refractivity contribution in [3.05, 3.63) is 53.1 Å². The zero-order valence-corrected chi connectivity index (χ0v) is 20.6. The van der Waals surface area contributed by atoms with Gasteiger partial charge in [-0.25, -0.2) is 4.79 Å². The molecule has 1 atom stereocenters. The SMILES string of the molecule is CCOC(=O)CCCNc1ccc(Cl)cc1Oc1cccc([C@@H](C)NC(=O)OC(C)(C)C)c1. The maximum Gasteiger partial charge on any atom is 0.408 e. The number of ether oxygens (including phenoxy) is 3. The Morgan fingerprint density at radius 1 is 1.12 bits per heavy atom. The molecule has 2 aromatic rings. The summed E-state index contributed by atoms with van der Waals surface area (Å²) in [5.74, 6) is 0.948. The van der Waals surface area contributed by atoms with Crippen LogP contribution in [0, 0.1) is 0 Å². The lowest BCUT2D eigenvalue weighted by atomic mass is 10.1. The third-order valence-corrected chi connectivity index (χ3v) is 4.68. The van der Waals surface area contributed by atoms with Crippen molar-refractivity contribution in [2.45, 2.75) is 59.1 Å². The molecular formula is C25H33ClN2O5. The smallest absolute Gasteiger partial charge is 0.408 e. The predicted molar refractivity (Wildman–Crippen MR) is 130 cm³/mol. The van der Waals surface area contributed by atoms with Crippen LogP contribution >= 0.6 is 11.6 Å². The fraction of sp³-hybridized carbons (Fsp3) is 0.440. The Hall–Kier alpha value is -2.93. The Kier molecular flexibility index (Phi) is 9.85. The van der Waals surface area contributed by atoms with Crippen molar-refractivity contribution >= 4 is 29.4 Å². The minimum atomic E-state index is -0.568. The van der Waals surface area contributed by atoms with E-state index in [0.717, 1.165) is 11.3 Å². The number of carbonyl (C=O) groups excluding carboxylic acids is 2. The quantitative estimate of drug-likeness (QED) is 0.302. The number of esters is 1. The van der Waals surface area contributed by atoms with Crippen LogP contribution in [0.3, 0.4) is 0 Å². The third-order valence-electron chi connectivity index (χ3n) is 4.44. The van der Waals surface area contributed by atoms with E-state index in [9.17, 15) is 9.59 Å². The Labute approximate surface area is 200 Å². The molecule has 0 spiro atoms. The van der Waals surface area contributed by atoms with Crippen molar-refractivity contribution in [1.29, 1.82) is 0 Å². The van der Waals surface area contributed by atoms with Crippen molar-refractivity contribution in [2.75, 3.05) is 18.5 Å². The van der Waals surface area contributed by atoms with Gasteiger partial charge in [0.25, 0.3) is 0 Å². The molecule has 2 N–H and O–H groups in total. The second kappa shape index (κ2) is 12.3. The van der Waals surface area contributed by atoms with Gasteiger partial charge in [0.05, 0.1) is 18.3 Å². The molecule has 7 nitrogen and oxygen atoms in total. The van der Waals surface area contributed by atoms with E-state index in [2.05, 4.69) is 10.6 Å². The van der Waals surface area contributed by atoms with Gasteiger partial charge in [-0.15, -0.1) is 0 Å². The normalized spacial score (nSPS) is 11.9. The lowest BCUT2D eigenvalue weighted by Crippen LogP contribution is -2.34. The average molecular weight is 477 g/mol. The van der Waals surface area contributed by atoms with E-state index in [-0.39, 0.29) is 12.0 Å². The minimum absolute atomic E-state index is 0.210. The fourth-order valence-electron chi connectivity index (χ4n) is 2.96. The summed E-state index contributed by atoms with van der Waals surface area (Å²) in [6.45, 7) is 10.1. The first-order valence-corrected chi connectivity index (χ1v) is 11.4. The van der Waals surface area contributed by atoms with E-state index in [0.29, 0.717) is 42.5 Å². The van der Waals surface area contributed by atoms with Crippen LogP contribution in [0.25, 0.3) is 0 Å². The second-order valence-corrected chi connectivity index (χ2v) is 8.95. The summed E-state index contributed by atoms with van der Waals surface area (Å²) in [6, 6.07) is 12.5. The molecule has 2 rings (SSSR count).